The minimum absolute atomic E-state index is 0.0197. The summed E-state index contributed by atoms with van der Waals surface area (Å²) in [5.74, 6) is 5.40. The van der Waals surface area contributed by atoms with Gasteiger partial charge in [0.2, 0.25) is 0 Å². The molecule has 0 amide bonds. The van der Waals surface area contributed by atoms with Crippen LogP contribution in [0, 0.1) is 0 Å². The van der Waals surface area contributed by atoms with Gasteiger partial charge in [0, 0.05) is 72.6 Å². The first-order chi connectivity index (χ1) is 56.9. The maximum atomic E-state index is 11.7. The van der Waals surface area contributed by atoms with E-state index in [1.807, 2.05) is 116 Å². The Morgan fingerprint density at radius 3 is 0.926 bits per heavy atom. The predicted molar refractivity (Wildman–Crippen MR) is 519 cm³/mol. The van der Waals surface area contributed by atoms with Crippen LogP contribution in [0.2, 0.25) is 0 Å². The molecule has 1 fully saturated rings. The Hall–Kier alpha value is -7.69. The highest BCUT2D eigenvalue weighted by molar-refractivity contribution is 9.11. The van der Waals surface area contributed by atoms with Gasteiger partial charge < -0.3 is 57.5 Å². The Morgan fingerprint density at radius 1 is 0.364 bits per heavy atom. The van der Waals surface area contributed by atoms with Gasteiger partial charge >= 0.3 is 7.12 Å². The number of benzene rings is 7. The molecule has 2 N–H and O–H groups in total. The first kappa shape index (κ1) is 97.1. The van der Waals surface area contributed by atoms with Crippen LogP contribution < -0.4 is 33.9 Å². The van der Waals surface area contributed by atoms with Crippen molar-refractivity contribution < 1.29 is 57.5 Å². The lowest BCUT2D eigenvalue weighted by molar-refractivity contribution is -0.0980. The monoisotopic (exact) mass is 1840 g/mol. The van der Waals surface area contributed by atoms with E-state index in [-0.39, 0.29) is 69.1 Å². The van der Waals surface area contributed by atoms with Gasteiger partial charge in [-0.3, -0.25) is 0 Å². The molecule has 19 heteroatoms. The fourth-order valence-corrected chi connectivity index (χ4v) is 18.0. The maximum absolute atomic E-state index is 11.7. The number of ether oxygens (including phenoxy) is 7. The van der Waals surface area contributed by atoms with Gasteiger partial charge in [-0.2, -0.15) is 0 Å². The normalized spacial score (nSPS) is 13.5. The molecule has 5 heterocycles. The van der Waals surface area contributed by atoms with Crippen molar-refractivity contribution in [1.82, 2.24) is 0 Å². The molecule has 0 unspecified atom stereocenters. The standard InChI is InChI=1S/C52H62O4S2.C29H30Br2O5S2.C20H33BO2.CH2O/c1-49(2,3)35-25-33(26-36(29-35)50(4,5)6)47-45(53)41(31-57-47)39-19-13-15-21-43(39)55-23-17-18-24-56-44-22-16-14-20-40(44)42-32-58-48(46(42)54)34-27-37(51(7,8)9)30-38(28-34)52(10,11)12;1-3-32-19-36-27-23(18-38-29(27)31)21-12-6-8-14-25(21)35-16-10-9-15-34-24-13-7-5-11-20(24)22-17-37-28(30)26(22)33-4-2;1-17(2,3)14-11-15(18(4,5)6)13-16(12-14)21-22-19(7,8)20(9,10)23-21;1-2/h13-16,19-22,25-32,53-54H,17-18,23-24H2,1-12H3;5-8,11-14,17-18H,3-4,9-10,15-16,19H2,1-2H3;11-13H,1-10H3;1H2. The number of carbonyl (C=O) groups is 1. The Morgan fingerprint density at radius 2 is 0.636 bits per heavy atom. The molecule has 0 aliphatic carbocycles. The second kappa shape index (κ2) is 41.4. The van der Waals surface area contributed by atoms with Crippen LogP contribution in [0.1, 0.15) is 225 Å². The lowest BCUT2D eigenvalue weighted by Gasteiger charge is -2.32. The maximum Gasteiger partial charge on any atom is 0.494 e. The van der Waals surface area contributed by atoms with Crippen LogP contribution in [-0.2, 0) is 51.3 Å². The first-order valence-corrected chi connectivity index (χ1v) is 47.0. The summed E-state index contributed by atoms with van der Waals surface area (Å²) >= 11 is 13.5. The van der Waals surface area contributed by atoms with Crippen molar-refractivity contribution in [3.05, 3.63) is 214 Å². The highest BCUT2D eigenvalue weighted by atomic mass is 79.9. The number of aromatic hydroxyl groups is 2. The van der Waals surface area contributed by atoms with Gasteiger partial charge in [0.25, 0.3) is 0 Å². The van der Waals surface area contributed by atoms with Gasteiger partial charge in [0.05, 0.1) is 54.0 Å². The zero-order valence-electron chi connectivity index (χ0n) is 75.7. The first-order valence-electron chi connectivity index (χ1n) is 41.9. The zero-order chi connectivity index (χ0) is 88.8. The smallest absolute Gasteiger partial charge is 0.494 e. The number of halogens is 2. The molecule has 7 aromatic carbocycles. The average molecular weight is 1840 g/mol. The van der Waals surface area contributed by atoms with Gasteiger partial charge in [0.1, 0.15) is 48.9 Å². The third-order valence-corrected chi connectivity index (χ3v) is 27.0. The number of carbonyl (C=O) groups excluding carboxylic acids is 1. The molecule has 0 atom stereocenters. The van der Waals surface area contributed by atoms with Crippen LogP contribution in [0.3, 0.4) is 0 Å². The largest absolute Gasteiger partial charge is 0.506 e. The molecule has 4 aromatic heterocycles. The van der Waals surface area contributed by atoms with Crippen molar-refractivity contribution in [2.45, 2.75) is 236 Å². The number of hydrogen-bond acceptors (Lipinski definition) is 16. The lowest BCUT2D eigenvalue weighted by Crippen LogP contribution is -2.41. The highest BCUT2D eigenvalue weighted by Gasteiger charge is 2.52. The summed E-state index contributed by atoms with van der Waals surface area (Å²) in [5.41, 5.74) is 17.8. The molecule has 0 radical (unpaired) electrons. The summed E-state index contributed by atoms with van der Waals surface area (Å²) in [4.78, 5) is 9.74. The summed E-state index contributed by atoms with van der Waals surface area (Å²) in [6, 6.07) is 52.4. The minimum atomic E-state index is -0.308. The molecule has 0 spiro atoms. The molecular formula is C102H127BBr2O12S4. The van der Waals surface area contributed by atoms with E-state index >= 15 is 0 Å². The van der Waals surface area contributed by atoms with Gasteiger partial charge in [-0.15, -0.1) is 45.3 Å². The van der Waals surface area contributed by atoms with E-state index in [9.17, 15) is 10.2 Å². The van der Waals surface area contributed by atoms with Crippen LogP contribution >= 0.6 is 77.2 Å². The van der Waals surface area contributed by atoms with E-state index in [1.165, 1.54) is 33.4 Å². The molecule has 11 aromatic rings. The van der Waals surface area contributed by atoms with Crippen molar-refractivity contribution in [3.63, 3.8) is 0 Å². The van der Waals surface area contributed by atoms with E-state index in [0.29, 0.717) is 39.6 Å². The van der Waals surface area contributed by atoms with E-state index in [2.05, 4.69) is 262 Å². The molecule has 1 aliphatic rings. The van der Waals surface area contributed by atoms with E-state index in [1.54, 1.807) is 45.3 Å². The summed E-state index contributed by atoms with van der Waals surface area (Å²) in [6.45, 7) is 58.3. The Labute approximate surface area is 755 Å². The molecule has 12 nitrogen and oxygen atoms in total. The second-order valence-corrected chi connectivity index (χ2v) is 43.8. The fourth-order valence-electron chi connectivity index (χ4n) is 13.4. The Bertz CT molecular complexity index is 4940. The van der Waals surface area contributed by atoms with Crippen LogP contribution in [-0.4, -0.2) is 81.8 Å². The quantitative estimate of drug-likeness (QED) is 0.0288. The summed E-state index contributed by atoms with van der Waals surface area (Å²) in [5, 5.41) is 31.6. The van der Waals surface area contributed by atoms with Crippen LogP contribution in [0.5, 0.6) is 46.0 Å². The second-order valence-electron chi connectivity index (χ2n) is 37.7. The van der Waals surface area contributed by atoms with Gasteiger partial charge in [-0.1, -0.05) is 228 Å². The van der Waals surface area contributed by atoms with Crippen LogP contribution in [0.15, 0.2) is 181 Å². The van der Waals surface area contributed by atoms with Gasteiger partial charge in [0.15, 0.2) is 18.3 Å². The van der Waals surface area contributed by atoms with Crippen molar-refractivity contribution in [1.29, 1.82) is 0 Å². The lowest BCUT2D eigenvalue weighted by atomic mass is 9.71. The van der Waals surface area contributed by atoms with Gasteiger partial charge in [-0.05, 0) is 230 Å². The molecule has 1 aliphatic heterocycles. The van der Waals surface area contributed by atoms with Crippen molar-refractivity contribution in [3.8, 4) is 111 Å². The summed E-state index contributed by atoms with van der Waals surface area (Å²) in [6.07, 6.45) is 3.32. The van der Waals surface area contributed by atoms with E-state index in [4.69, 9.17) is 47.3 Å². The summed E-state index contributed by atoms with van der Waals surface area (Å²) < 4.78 is 56.7. The number of hydrogen-bond donors (Lipinski definition) is 2. The highest BCUT2D eigenvalue weighted by Crippen LogP contribution is 2.52. The zero-order valence-corrected chi connectivity index (χ0v) is 82.1. The third kappa shape index (κ3) is 25.1. The molecule has 1 saturated heterocycles. The molecular weight excluding hydrogens is 1720 g/mol. The topological polar surface area (TPSA) is 141 Å². The van der Waals surface area contributed by atoms with Crippen molar-refractivity contribution in [2.24, 2.45) is 0 Å². The predicted octanol–water partition coefficient (Wildman–Crippen LogP) is 29.4. The fraction of sp³-hybridized carbons (Fsp3) is 0.422. The number of para-hydroxylation sites is 4. The summed E-state index contributed by atoms with van der Waals surface area (Å²) in [7, 11) is -0.302. The average Bonchev–Trinajstić information content (AvgIpc) is 1.62. The Kier molecular flexibility index (Phi) is 33.2. The van der Waals surface area contributed by atoms with E-state index in [0.717, 1.165) is 139 Å². The van der Waals surface area contributed by atoms with Gasteiger partial charge in [-0.25, -0.2) is 0 Å². The Balaban J connectivity index is 0.000000225. The molecule has 12 rings (SSSR count). The van der Waals surface area contributed by atoms with Crippen molar-refractivity contribution in [2.75, 3.05) is 46.4 Å². The number of thiophene rings is 4. The number of unbranched alkanes of at least 4 members (excludes halogenated alkanes) is 2. The number of rotatable bonds is 27. The molecule has 0 saturated carbocycles. The minimum Gasteiger partial charge on any atom is -0.506 e. The molecule has 648 valence electrons. The van der Waals surface area contributed by atoms with E-state index < -0.39 is 0 Å². The van der Waals surface area contributed by atoms with Crippen molar-refractivity contribution >= 4 is 96.6 Å². The third-order valence-electron chi connectivity index (χ3n) is 21.6. The van der Waals surface area contributed by atoms with Crippen LogP contribution in [0.25, 0.3) is 65.4 Å². The SMILES string of the molecule is C=O.CC(C)(C)c1cc(-c2scc(-c3ccccc3OCCCCOc3ccccc3-c3csc(-c4cc(C(C)(C)C)cc(C(C)(C)C)c4)c3O)c2O)cc(C(C)(C)C)c1.CC(C)(C)c1cc(B2OC(C)(C)C(C)(C)O2)cc(C(C)(C)C)c1.CCOCOc1c(-c2ccccc2OCCCCOc2ccccc2-c2csc(Br)c2OCC)csc1Br. The van der Waals surface area contributed by atoms with Crippen LogP contribution in [0.4, 0.5) is 0 Å². The molecule has 0 bridgehead atoms. The molecule has 121 heavy (non-hydrogen) atoms.